The number of amides is 2. The van der Waals surface area contributed by atoms with Gasteiger partial charge in [-0.2, -0.15) is 0 Å². The standard InChI is InChI=1S/C14H22N2O3S/c1-4-5-11(7-13(17)18)16-14(19)15-8-12-6-9(2)10(3)20-12/h6,11H,4-5,7-8H2,1-3H3,(H,17,18)(H2,15,16,19). The first kappa shape index (κ1) is 16.5. The number of carbonyl (C=O) groups is 2. The maximum Gasteiger partial charge on any atom is 0.315 e. The number of carbonyl (C=O) groups excluding carboxylic acids is 1. The summed E-state index contributed by atoms with van der Waals surface area (Å²) in [4.78, 5) is 24.8. The Bertz CT molecular complexity index is 451. The third-order valence-electron chi connectivity index (χ3n) is 3.03. The van der Waals surface area contributed by atoms with Gasteiger partial charge in [-0.05, 0) is 31.9 Å². The predicted octanol–water partition coefficient (Wildman–Crippen LogP) is 2.81. The summed E-state index contributed by atoms with van der Waals surface area (Å²) < 4.78 is 0. The molecule has 0 saturated heterocycles. The van der Waals surface area contributed by atoms with Crippen LogP contribution in [-0.4, -0.2) is 23.1 Å². The van der Waals surface area contributed by atoms with Crippen molar-refractivity contribution in [2.75, 3.05) is 0 Å². The van der Waals surface area contributed by atoms with Gasteiger partial charge in [-0.25, -0.2) is 4.79 Å². The van der Waals surface area contributed by atoms with Crippen molar-refractivity contribution >= 4 is 23.3 Å². The summed E-state index contributed by atoms with van der Waals surface area (Å²) in [6.45, 7) is 6.52. The summed E-state index contributed by atoms with van der Waals surface area (Å²) in [6, 6.07) is 1.43. The lowest BCUT2D eigenvalue weighted by atomic mass is 10.1. The van der Waals surface area contributed by atoms with Gasteiger partial charge in [-0.15, -0.1) is 11.3 Å². The van der Waals surface area contributed by atoms with Crippen molar-refractivity contribution < 1.29 is 14.7 Å². The maximum absolute atomic E-state index is 11.8. The Kier molecular flexibility index (Phi) is 6.51. The van der Waals surface area contributed by atoms with Crippen LogP contribution in [0.4, 0.5) is 4.79 Å². The van der Waals surface area contributed by atoms with E-state index in [1.165, 1.54) is 10.4 Å². The molecule has 0 bridgehead atoms. The maximum atomic E-state index is 11.8. The van der Waals surface area contributed by atoms with Crippen LogP contribution in [0, 0.1) is 13.8 Å². The smallest absolute Gasteiger partial charge is 0.315 e. The molecule has 1 aromatic rings. The summed E-state index contributed by atoms with van der Waals surface area (Å²) >= 11 is 1.66. The third kappa shape index (κ3) is 5.61. The van der Waals surface area contributed by atoms with Gasteiger partial charge in [-0.3, -0.25) is 4.79 Å². The molecule has 0 fully saturated rings. The first-order valence-corrected chi connectivity index (χ1v) is 7.56. The molecule has 1 aromatic heterocycles. The summed E-state index contributed by atoms with van der Waals surface area (Å²) in [6.07, 6.45) is 1.46. The molecule has 1 atom stereocenters. The minimum absolute atomic E-state index is 0.0432. The molecule has 0 aromatic carbocycles. The lowest BCUT2D eigenvalue weighted by Gasteiger charge is -2.16. The zero-order valence-corrected chi connectivity index (χ0v) is 13.0. The molecule has 1 rings (SSSR count). The van der Waals surface area contributed by atoms with Crippen LogP contribution in [0.5, 0.6) is 0 Å². The van der Waals surface area contributed by atoms with Crippen LogP contribution in [-0.2, 0) is 11.3 Å². The average molecular weight is 298 g/mol. The van der Waals surface area contributed by atoms with Crippen molar-refractivity contribution in [2.24, 2.45) is 0 Å². The van der Waals surface area contributed by atoms with Gasteiger partial charge in [0, 0.05) is 15.8 Å². The van der Waals surface area contributed by atoms with Gasteiger partial charge in [0.2, 0.25) is 0 Å². The Morgan fingerprint density at radius 2 is 2.10 bits per heavy atom. The fourth-order valence-corrected chi connectivity index (χ4v) is 2.92. The Balaban J connectivity index is 2.42. The topological polar surface area (TPSA) is 78.4 Å². The predicted molar refractivity (Wildman–Crippen MR) is 80.1 cm³/mol. The molecule has 0 aliphatic carbocycles. The van der Waals surface area contributed by atoms with Crippen LogP contribution in [0.2, 0.25) is 0 Å². The van der Waals surface area contributed by atoms with Crippen molar-refractivity contribution in [1.29, 1.82) is 0 Å². The van der Waals surface area contributed by atoms with Gasteiger partial charge in [0.25, 0.3) is 0 Å². The number of aryl methyl sites for hydroxylation is 2. The highest BCUT2D eigenvalue weighted by Crippen LogP contribution is 2.20. The largest absolute Gasteiger partial charge is 0.481 e. The number of hydrogen-bond donors (Lipinski definition) is 3. The fourth-order valence-electron chi connectivity index (χ4n) is 1.93. The van der Waals surface area contributed by atoms with Crippen molar-refractivity contribution in [3.8, 4) is 0 Å². The van der Waals surface area contributed by atoms with Gasteiger partial charge < -0.3 is 15.7 Å². The molecule has 5 nitrogen and oxygen atoms in total. The molecule has 112 valence electrons. The van der Waals surface area contributed by atoms with Crippen LogP contribution in [0.15, 0.2) is 6.07 Å². The average Bonchev–Trinajstić information content (AvgIpc) is 2.66. The Morgan fingerprint density at radius 1 is 1.40 bits per heavy atom. The first-order chi connectivity index (χ1) is 9.42. The van der Waals surface area contributed by atoms with Crippen LogP contribution in [0.1, 0.15) is 41.5 Å². The molecule has 1 heterocycles. The highest BCUT2D eigenvalue weighted by molar-refractivity contribution is 7.12. The quantitative estimate of drug-likeness (QED) is 0.724. The van der Waals surface area contributed by atoms with Gasteiger partial charge >= 0.3 is 12.0 Å². The second-order valence-electron chi connectivity index (χ2n) is 4.86. The molecule has 6 heteroatoms. The third-order valence-corrected chi connectivity index (χ3v) is 4.19. The van der Waals surface area contributed by atoms with Crippen LogP contribution < -0.4 is 10.6 Å². The minimum atomic E-state index is -0.895. The van der Waals surface area contributed by atoms with Crippen molar-refractivity contribution in [3.63, 3.8) is 0 Å². The Hall–Kier alpha value is -1.56. The normalized spacial score (nSPS) is 11.9. The lowest BCUT2D eigenvalue weighted by Crippen LogP contribution is -2.42. The molecule has 1 unspecified atom stereocenters. The number of carboxylic acids is 1. The van der Waals surface area contributed by atoms with E-state index in [0.29, 0.717) is 13.0 Å². The number of nitrogens with one attached hydrogen (secondary N) is 2. The van der Waals surface area contributed by atoms with Crippen molar-refractivity contribution in [1.82, 2.24) is 10.6 Å². The molecule has 2 amide bonds. The Labute approximate surface area is 123 Å². The SMILES string of the molecule is CCCC(CC(=O)O)NC(=O)NCc1cc(C)c(C)s1. The molecule has 3 N–H and O–H groups in total. The second-order valence-corrected chi connectivity index (χ2v) is 6.20. The molecule has 0 radical (unpaired) electrons. The van der Waals surface area contributed by atoms with Crippen LogP contribution in [0.3, 0.4) is 0 Å². The number of aliphatic carboxylic acids is 1. The molecule has 20 heavy (non-hydrogen) atoms. The molecule has 0 spiro atoms. The van der Waals surface area contributed by atoms with Crippen LogP contribution in [0.25, 0.3) is 0 Å². The van der Waals surface area contributed by atoms with E-state index >= 15 is 0 Å². The number of thiophene rings is 1. The van der Waals surface area contributed by atoms with Crippen LogP contribution >= 0.6 is 11.3 Å². The summed E-state index contributed by atoms with van der Waals surface area (Å²) in [5.74, 6) is -0.895. The number of carboxylic acid groups (broad SMARTS) is 1. The lowest BCUT2D eigenvalue weighted by molar-refractivity contribution is -0.137. The van der Waals surface area contributed by atoms with Crippen molar-refractivity contribution in [3.05, 3.63) is 21.4 Å². The summed E-state index contributed by atoms with van der Waals surface area (Å²) in [5.41, 5.74) is 1.22. The number of hydrogen-bond acceptors (Lipinski definition) is 3. The molecular weight excluding hydrogens is 276 g/mol. The number of urea groups is 1. The zero-order chi connectivity index (χ0) is 15.1. The minimum Gasteiger partial charge on any atom is -0.481 e. The number of rotatable bonds is 7. The van der Waals surface area contributed by atoms with E-state index in [1.54, 1.807) is 11.3 Å². The van der Waals surface area contributed by atoms with E-state index in [-0.39, 0.29) is 18.5 Å². The molecule has 0 aliphatic heterocycles. The van der Waals surface area contributed by atoms with E-state index in [2.05, 4.69) is 16.7 Å². The zero-order valence-electron chi connectivity index (χ0n) is 12.2. The van der Waals surface area contributed by atoms with E-state index < -0.39 is 5.97 Å². The highest BCUT2D eigenvalue weighted by atomic mass is 32.1. The van der Waals surface area contributed by atoms with E-state index in [4.69, 9.17) is 5.11 Å². The van der Waals surface area contributed by atoms with E-state index in [0.717, 1.165) is 11.3 Å². The fraction of sp³-hybridized carbons (Fsp3) is 0.571. The van der Waals surface area contributed by atoms with Gasteiger partial charge in [0.05, 0.1) is 13.0 Å². The second kappa shape index (κ2) is 7.89. The molecular formula is C14H22N2O3S. The summed E-state index contributed by atoms with van der Waals surface area (Å²) in [5, 5.41) is 14.3. The molecule has 0 saturated carbocycles. The molecule has 0 aliphatic rings. The monoisotopic (exact) mass is 298 g/mol. The highest BCUT2D eigenvalue weighted by Gasteiger charge is 2.15. The van der Waals surface area contributed by atoms with Crippen molar-refractivity contribution in [2.45, 2.75) is 52.6 Å². The van der Waals surface area contributed by atoms with E-state index in [9.17, 15) is 9.59 Å². The Morgan fingerprint density at radius 3 is 2.60 bits per heavy atom. The van der Waals surface area contributed by atoms with Gasteiger partial charge in [0.1, 0.15) is 0 Å². The first-order valence-electron chi connectivity index (χ1n) is 6.74. The van der Waals surface area contributed by atoms with Gasteiger partial charge in [-0.1, -0.05) is 13.3 Å². The van der Waals surface area contributed by atoms with Gasteiger partial charge in [0.15, 0.2) is 0 Å². The van der Waals surface area contributed by atoms with E-state index in [1.807, 2.05) is 20.8 Å². The summed E-state index contributed by atoms with van der Waals surface area (Å²) in [7, 11) is 0.